The number of aromatic nitrogens is 2. The Bertz CT molecular complexity index is 993. The molecule has 4 aromatic rings. The molecule has 0 bridgehead atoms. The zero-order valence-corrected chi connectivity index (χ0v) is 17.0. The maximum Gasteiger partial charge on any atom is 0.305 e. The third-order valence-electron chi connectivity index (χ3n) is 5.47. The Kier molecular flexibility index (Phi) is 5.75. The number of esters is 1. The molecule has 1 N–H and O–H groups in total. The number of aromatic amines is 1. The van der Waals surface area contributed by atoms with Crippen molar-refractivity contribution in [3.8, 4) is 0 Å². The third kappa shape index (κ3) is 3.64. The van der Waals surface area contributed by atoms with Crippen molar-refractivity contribution >= 4 is 5.97 Å². The number of ether oxygens (including phenoxy) is 1. The van der Waals surface area contributed by atoms with Crippen LogP contribution in [0.5, 0.6) is 0 Å². The predicted molar refractivity (Wildman–Crippen MR) is 116 cm³/mol. The Morgan fingerprint density at radius 2 is 1.30 bits per heavy atom. The van der Waals surface area contributed by atoms with Crippen LogP contribution in [0.2, 0.25) is 0 Å². The number of nitrogens with one attached hydrogen (secondary N) is 1. The van der Waals surface area contributed by atoms with Gasteiger partial charge in [-0.2, -0.15) is 0 Å². The van der Waals surface area contributed by atoms with Gasteiger partial charge in [0.05, 0.1) is 13.5 Å². The van der Waals surface area contributed by atoms with Crippen LogP contribution in [0, 0.1) is 0 Å². The normalized spacial score (nSPS) is 11.2. The summed E-state index contributed by atoms with van der Waals surface area (Å²) in [6.45, 7) is 0. The number of hydrogen-bond donors (Lipinski definition) is 1. The van der Waals surface area contributed by atoms with Crippen LogP contribution in [0.15, 0.2) is 104 Å². The molecule has 0 spiro atoms. The molecule has 0 amide bonds. The molecule has 4 nitrogen and oxygen atoms in total. The average Bonchev–Trinajstić information content (AvgIpc) is 3.29. The number of rotatable bonds is 7. The van der Waals surface area contributed by atoms with E-state index in [1.807, 2.05) is 24.5 Å². The van der Waals surface area contributed by atoms with E-state index in [0.29, 0.717) is 12.8 Å². The van der Waals surface area contributed by atoms with Crippen LogP contribution in [0.25, 0.3) is 0 Å². The minimum Gasteiger partial charge on any atom is -0.469 e. The van der Waals surface area contributed by atoms with Crippen molar-refractivity contribution in [2.45, 2.75) is 18.4 Å². The van der Waals surface area contributed by atoms with Crippen LogP contribution < -0.4 is 4.57 Å². The van der Waals surface area contributed by atoms with Crippen molar-refractivity contribution in [1.29, 1.82) is 0 Å². The van der Waals surface area contributed by atoms with E-state index in [1.54, 1.807) is 0 Å². The third-order valence-corrected chi connectivity index (χ3v) is 5.47. The fourth-order valence-electron chi connectivity index (χ4n) is 4.05. The number of carbonyl (C=O) groups excluding carboxylic acids is 1. The molecule has 1 heterocycles. The Hall–Kier alpha value is -3.66. The van der Waals surface area contributed by atoms with E-state index in [0.717, 1.165) is 22.4 Å². The van der Waals surface area contributed by atoms with Gasteiger partial charge in [-0.3, -0.25) is 4.79 Å². The maximum absolute atomic E-state index is 11.6. The van der Waals surface area contributed by atoms with Crippen molar-refractivity contribution in [2.75, 3.05) is 7.11 Å². The molecule has 0 unspecified atom stereocenters. The number of nitrogens with zero attached hydrogens (tertiary/aromatic N) is 1. The van der Waals surface area contributed by atoms with Crippen molar-refractivity contribution in [3.05, 3.63) is 126 Å². The van der Waals surface area contributed by atoms with E-state index in [1.165, 1.54) is 7.11 Å². The van der Waals surface area contributed by atoms with Gasteiger partial charge in [-0.25, -0.2) is 9.55 Å². The summed E-state index contributed by atoms with van der Waals surface area (Å²) >= 11 is 0. The highest BCUT2D eigenvalue weighted by atomic mass is 16.5. The lowest BCUT2D eigenvalue weighted by molar-refractivity contribution is -0.733. The van der Waals surface area contributed by atoms with Crippen molar-refractivity contribution < 1.29 is 14.1 Å². The summed E-state index contributed by atoms with van der Waals surface area (Å²) in [6.07, 6.45) is 5.01. The van der Waals surface area contributed by atoms with E-state index < -0.39 is 5.54 Å². The van der Waals surface area contributed by atoms with Crippen molar-refractivity contribution in [1.82, 2.24) is 4.98 Å². The minimum atomic E-state index is -0.552. The summed E-state index contributed by atoms with van der Waals surface area (Å²) in [5.41, 5.74) is 3.90. The van der Waals surface area contributed by atoms with Gasteiger partial charge >= 0.3 is 5.97 Å². The highest BCUT2D eigenvalue weighted by Crippen LogP contribution is 2.36. The van der Waals surface area contributed by atoms with Gasteiger partial charge in [-0.05, 0) is 0 Å². The first-order valence-electron chi connectivity index (χ1n) is 10.1. The highest BCUT2D eigenvalue weighted by molar-refractivity contribution is 5.69. The molecule has 0 aliphatic rings. The molecule has 0 saturated heterocycles. The summed E-state index contributed by atoms with van der Waals surface area (Å²) < 4.78 is 7.00. The molecule has 0 atom stereocenters. The van der Waals surface area contributed by atoms with Crippen molar-refractivity contribution in [2.24, 2.45) is 0 Å². The Balaban J connectivity index is 1.92. The fourth-order valence-corrected chi connectivity index (χ4v) is 4.05. The number of imidazole rings is 1. The average molecular weight is 397 g/mol. The molecule has 4 heteroatoms. The predicted octanol–water partition coefficient (Wildman–Crippen LogP) is 4.25. The van der Waals surface area contributed by atoms with Gasteiger partial charge in [-0.1, -0.05) is 91.0 Å². The number of carbonyl (C=O) groups is 1. The number of benzene rings is 3. The lowest BCUT2D eigenvalue weighted by Gasteiger charge is -2.32. The molecule has 0 fully saturated rings. The molecule has 3 aromatic carbocycles. The van der Waals surface area contributed by atoms with Crippen LogP contribution in [-0.4, -0.2) is 18.1 Å². The van der Waals surface area contributed by atoms with Crippen LogP contribution in [-0.2, 0) is 21.5 Å². The summed E-state index contributed by atoms with van der Waals surface area (Å²) in [7, 11) is 1.42. The zero-order valence-electron chi connectivity index (χ0n) is 17.0. The first-order chi connectivity index (χ1) is 14.7. The number of hydrogen-bond acceptors (Lipinski definition) is 2. The molecular weight excluding hydrogens is 372 g/mol. The minimum absolute atomic E-state index is 0.211. The van der Waals surface area contributed by atoms with Crippen LogP contribution in [0.1, 0.15) is 28.8 Å². The standard InChI is InChI=1S/C26H24N2O2/c1-30-25(29)18-17-24-19-28(20-27-24)26(21-11-5-2-6-12-21,22-13-7-3-8-14-22)23-15-9-4-10-16-23/h2-16,19-20H,17-18H2,1H3/p+1. The van der Waals surface area contributed by atoms with Crippen LogP contribution >= 0.6 is 0 Å². The maximum atomic E-state index is 11.6. The monoisotopic (exact) mass is 397 g/mol. The van der Waals surface area contributed by atoms with Gasteiger partial charge in [0.1, 0.15) is 11.9 Å². The van der Waals surface area contributed by atoms with Gasteiger partial charge in [0.2, 0.25) is 6.33 Å². The molecule has 0 saturated carbocycles. The Morgan fingerprint density at radius 3 is 1.73 bits per heavy atom. The second-order valence-electron chi connectivity index (χ2n) is 7.22. The van der Waals surface area contributed by atoms with Gasteiger partial charge in [-0.15, -0.1) is 0 Å². The first kappa shape index (κ1) is 19.6. The topological polar surface area (TPSA) is 46.0 Å². The SMILES string of the molecule is COC(=O)CCc1c[n+](C(c2ccccc2)(c2ccccc2)c2ccccc2)c[nH]1. The molecular formula is C26H25N2O2+. The molecule has 1 aromatic heterocycles. The molecule has 4 rings (SSSR count). The zero-order chi connectivity index (χ0) is 20.8. The molecule has 0 aliphatic heterocycles. The van der Waals surface area contributed by atoms with Gasteiger partial charge in [0, 0.05) is 23.1 Å². The number of aryl methyl sites for hydroxylation is 1. The number of methoxy groups -OCH3 is 1. The van der Waals surface area contributed by atoms with Crippen LogP contribution in [0.3, 0.4) is 0 Å². The highest BCUT2D eigenvalue weighted by Gasteiger charge is 2.43. The fraction of sp³-hybridized carbons (Fsp3) is 0.154. The lowest BCUT2D eigenvalue weighted by atomic mass is 9.77. The Morgan fingerprint density at radius 1 is 0.833 bits per heavy atom. The Labute approximate surface area is 176 Å². The second kappa shape index (κ2) is 8.78. The largest absolute Gasteiger partial charge is 0.469 e. The summed E-state index contributed by atoms with van der Waals surface area (Å²) in [4.78, 5) is 15.0. The van der Waals surface area contributed by atoms with E-state index >= 15 is 0 Å². The first-order valence-corrected chi connectivity index (χ1v) is 10.1. The van der Waals surface area contributed by atoms with E-state index in [9.17, 15) is 4.79 Å². The van der Waals surface area contributed by atoms with E-state index in [4.69, 9.17) is 4.74 Å². The van der Waals surface area contributed by atoms with Gasteiger partial charge < -0.3 is 4.74 Å². The lowest BCUT2D eigenvalue weighted by Crippen LogP contribution is -2.57. The quantitative estimate of drug-likeness (QED) is 0.288. The molecule has 30 heavy (non-hydrogen) atoms. The summed E-state index contributed by atoms with van der Waals surface area (Å²) in [6, 6.07) is 31.5. The van der Waals surface area contributed by atoms with Gasteiger partial charge in [0.25, 0.3) is 0 Å². The van der Waals surface area contributed by atoms with Crippen LogP contribution in [0.4, 0.5) is 0 Å². The van der Waals surface area contributed by atoms with E-state index in [2.05, 4.69) is 88.5 Å². The van der Waals surface area contributed by atoms with Gasteiger partial charge in [0.15, 0.2) is 5.54 Å². The molecule has 0 aliphatic carbocycles. The second-order valence-corrected chi connectivity index (χ2v) is 7.22. The molecule has 0 radical (unpaired) electrons. The smallest absolute Gasteiger partial charge is 0.305 e. The number of H-pyrrole nitrogens is 1. The molecule has 150 valence electrons. The summed E-state index contributed by atoms with van der Waals surface area (Å²) in [5.74, 6) is -0.211. The summed E-state index contributed by atoms with van der Waals surface area (Å²) in [5, 5.41) is 0. The van der Waals surface area contributed by atoms with E-state index in [-0.39, 0.29) is 5.97 Å². The van der Waals surface area contributed by atoms with Crippen molar-refractivity contribution in [3.63, 3.8) is 0 Å².